The first-order chi connectivity index (χ1) is 12.7. The maximum Gasteiger partial charge on any atom is 0.255 e. The summed E-state index contributed by atoms with van der Waals surface area (Å²) in [5, 5.41) is 4.04. The van der Waals surface area contributed by atoms with Crippen LogP contribution in [0.25, 0.3) is 11.3 Å². The van der Waals surface area contributed by atoms with Crippen molar-refractivity contribution in [3.05, 3.63) is 65.0 Å². The van der Waals surface area contributed by atoms with Gasteiger partial charge >= 0.3 is 0 Å². The molecule has 1 amide bonds. The lowest BCUT2D eigenvalue weighted by Gasteiger charge is -2.29. The van der Waals surface area contributed by atoms with Gasteiger partial charge in [0.25, 0.3) is 5.91 Å². The Morgan fingerprint density at radius 3 is 2.81 bits per heavy atom. The third kappa shape index (κ3) is 3.41. The lowest BCUT2D eigenvalue weighted by atomic mass is 10.1. The third-order valence-corrected chi connectivity index (χ3v) is 4.90. The van der Waals surface area contributed by atoms with Gasteiger partial charge < -0.3 is 14.4 Å². The van der Waals surface area contributed by atoms with Gasteiger partial charge in [0.15, 0.2) is 17.6 Å². The number of ether oxygens (including phenoxy) is 2. The van der Waals surface area contributed by atoms with Gasteiger partial charge in [-0.05, 0) is 35.7 Å². The molecule has 5 nitrogen and oxygen atoms in total. The fraction of sp³-hybridized carbons (Fsp3) is 0.200. The van der Waals surface area contributed by atoms with Crippen LogP contribution in [0.5, 0.6) is 11.5 Å². The van der Waals surface area contributed by atoms with E-state index in [4.69, 9.17) is 9.47 Å². The van der Waals surface area contributed by atoms with Crippen LogP contribution < -0.4 is 9.47 Å². The van der Waals surface area contributed by atoms with Crippen LogP contribution in [0.1, 0.15) is 10.4 Å². The summed E-state index contributed by atoms with van der Waals surface area (Å²) in [7, 11) is 1.76. The number of likely N-dealkylation sites (N-methyl/N-ethyl adjacent to an activating group) is 1. The summed E-state index contributed by atoms with van der Waals surface area (Å²) >= 11 is 1.62. The summed E-state index contributed by atoms with van der Waals surface area (Å²) in [6.45, 7) is 0.865. The number of carbonyl (C=O) groups excluding carboxylic acids is 1. The maximum atomic E-state index is 12.7. The Morgan fingerprint density at radius 2 is 2.08 bits per heavy atom. The molecular weight excluding hydrogens is 348 g/mol. The zero-order chi connectivity index (χ0) is 17.9. The standard InChI is InChI=1S/C20H18N2O3S/c1-22(11-16-12-24-18-4-2-3-5-19(18)25-16)20(23)14-6-7-17(21-10-14)15-8-9-26-13-15/h2-10,13,16H,11-12H2,1H3/t16-/m0/s1. The Hall–Kier alpha value is -2.86. The first-order valence-electron chi connectivity index (χ1n) is 8.33. The third-order valence-electron chi connectivity index (χ3n) is 4.22. The Bertz CT molecular complexity index is 894. The van der Waals surface area contributed by atoms with Crippen molar-refractivity contribution >= 4 is 17.2 Å². The normalized spacial score (nSPS) is 15.5. The lowest BCUT2D eigenvalue weighted by Crippen LogP contribution is -2.41. The van der Waals surface area contributed by atoms with Crippen molar-refractivity contribution in [2.75, 3.05) is 20.2 Å². The number of nitrogens with zero attached hydrogens (tertiary/aromatic N) is 2. The van der Waals surface area contributed by atoms with Crippen LogP contribution in [-0.2, 0) is 0 Å². The maximum absolute atomic E-state index is 12.7. The highest BCUT2D eigenvalue weighted by Gasteiger charge is 2.24. The molecule has 6 heteroatoms. The van der Waals surface area contributed by atoms with E-state index in [-0.39, 0.29) is 12.0 Å². The van der Waals surface area contributed by atoms with E-state index < -0.39 is 0 Å². The van der Waals surface area contributed by atoms with Crippen LogP contribution >= 0.6 is 11.3 Å². The molecule has 2 aromatic heterocycles. The fourth-order valence-electron chi connectivity index (χ4n) is 2.86. The second-order valence-corrected chi connectivity index (χ2v) is 6.91. The number of hydrogen-bond donors (Lipinski definition) is 0. The molecule has 0 aliphatic carbocycles. The molecule has 0 spiro atoms. The minimum absolute atomic E-state index is 0.0863. The Balaban J connectivity index is 1.40. The number of benzene rings is 1. The van der Waals surface area contributed by atoms with Gasteiger partial charge in [-0.3, -0.25) is 9.78 Å². The van der Waals surface area contributed by atoms with E-state index in [9.17, 15) is 4.79 Å². The van der Waals surface area contributed by atoms with Gasteiger partial charge in [-0.1, -0.05) is 12.1 Å². The second-order valence-electron chi connectivity index (χ2n) is 6.13. The van der Waals surface area contributed by atoms with E-state index >= 15 is 0 Å². The molecule has 0 radical (unpaired) electrons. The van der Waals surface area contributed by atoms with E-state index in [1.807, 2.05) is 53.2 Å². The van der Waals surface area contributed by atoms with Crippen LogP contribution in [0, 0.1) is 0 Å². The average Bonchev–Trinajstić information content (AvgIpc) is 3.22. The average molecular weight is 366 g/mol. The number of carbonyl (C=O) groups is 1. The van der Waals surface area contributed by atoms with Crippen LogP contribution in [-0.4, -0.2) is 42.1 Å². The molecule has 0 bridgehead atoms. The van der Waals surface area contributed by atoms with Crippen LogP contribution in [0.4, 0.5) is 0 Å². The molecule has 0 N–H and O–H groups in total. The number of pyridine rings is 1. The summed E-state index contributed by atoms with van der Waals surface area (Å²) in [5.74, 6) is 1.37. The van der Waals surface area contributed by atoms with Gasteiger partial charge in [-0.15, -0.1) is 0 Å². The van der Waals surface area contributed by atoms with Gasteiger partial charge in [-0.2, -0.15) is 11.3 Å². The topological polar surface area (TPSA) is 51.7 Å². The molecule has 1 aliphatic heterocycles. The number of hydrogen-bond acceptors (Lipinski definition) is 5. The van der Waals surface area contributed by atoms with E-state index in [2.05, 4.69) is 4.98 Å². The molecular formula is C20H18N2O3S. The van der Waals surface area contributed by atoms with E-state index in [0.717, 1.165) is 17.0 Å². The van der Waals surface area contributed by atoms with Gasteiger partial charge in [0.05, 0.1) is 17.8 Å². The zero-order valence-corrected chi connectivity index (χ0v) is 15.1. The number of para-hydroxylation sites is 2. The highest BCUT2D eigenvalue weighted by atomic mass is 32.1. The summed E-state index contributed by atoms with van der Waals surface area (Å²) < 4.78 is 11.6. The summed E-state index contributed by atoms with van der Waals surface area (Å²) in [6, 6.07) is 13.3. The Morgan fingerprint density at radius 1 is 1.23 bits per heavy atom. The number of aromatic nitrogens is 1. The minimum Gasteiger partial charge on any atom is -0.486 e. The number of rotatable bonds is 4. The van der Waals surface area contributed by atoms with E-state index in [1.54, 1.807) is 29.5 Å². The smallest absolute Gasteiger partial charge is 0.255 e. The quantitative estimate of drug-likeness (QED) is 0.706. The summed E-state index contributed by atoms with van der Waals surface area (Å²) in [5.41, 5.74) is 2.49. The molecule has 3 heterocycles. The summed E-state index contributed by atoms with van der Waals surface area (Å²) in [4.78, 5) is 18.7. The molecule has 1 aromatic carbocycles. The first kappa shape index (κ1) is 16.6. The predicted octanol–water partition coefficient (Wildman–Crippen LogP) is 3.72. The molecule has 0 fully saturated rings. The van der Waals surface area contributed by atoms with Gasteiger partial charge in [0.1, 0.15) is 6.61 Å². The van der Waals surface area contributed by atoms with E-state index in [1.165, 1.54) is 0 Å². The second kappa shape index (κ2) is 7.17. The molecule has 3 aromatic rings. The van der Waals surface area contributed by atoms with Gasteiger partial charge in [0.2, 0.25) is 0 Å². The van der Waals surface area contributed by atoms with Crippen molar-refractivity contribution in [3.8, 4) is 22.8 Å². The predicted molar refractivity (Wildman–Crippen MR) is 101 cm³/mol. The first-order valence-corrected chi connectivity index (χ1v) is 9.27. The minimum atomic E-state index is -0.197. The van der Waals surface area contributed by atoms with Gasteiger partial charge in [0, 0.05) is 24.2 Å². The molecule has 4 rings (SSSR count). The van der Waals surface area contributed by atoms with Crippen molar-refractivity contribution in [1.29, 1.82) is 0 Å². The molecule has 132 valence electrons. The van der Waals surface area contributed by atoms with Crippen molar-refractivity contribution < 1.29 is 14.3 Å². The number of fused-ring (bicyclic) bond motifs is 1. The van der Waals surface area contributed by atoms with Crippen molar-refractivity contribution in [2.45, 2.75) is 6.10 Å². The fourth-order valence-corrected chi connectivity index (χ4v) is 3.51. The molecule has 26 heavy (non-hydrogen) atoms. The SMILES string of the molecule is CN(C[C@H]1COc2ccccc2O1)C(=O)c1ccc(-c2ccsc2)nc1. The van der Waals surface area contributed by atoms with Gasteiger partial charge in [-0.25, -0.2) is 0 Å². The van der Waals surface area contributed by atoms with Crippen molar-refractivity contribution in [1.82, 2.24) is 9.88 Å². The Labute approximate surface area is 155 Å². The number of thiophene rings is 1. The number of amides is 1. The van der Waals surface area contributed by atoms with E-state index in [0.29, 0.717) is 24.5 Å². The summed E-state index contributed by atoms with van der Waals surface area (Å²) in [6.07, 6.45) is 1.43. The highest BCUT2D eigenvalue weighted by Crippen LogP contribution is 2.31. The Kier molecular flexibility index (Phi) is 4.58. The molecule has 0 saturated heterocycles. The molecule has 1 aliphatic rings. The van der Waals surface area contributed by atoms with Crippen molar-refractivity contribution in [2.24, 2.45) is 0 Å². The lowest BCUT2D eigenvalue weighted by molar-refractivity contribution is 0.0520. The zero-order valence-electron chi connectivity index (χ0n) is 14.3. The monoisotopic (exact) mass is 366 g/mol. The van der Waals surface area contributed by atoms with Crippen LogP contribution in [0.15, 0.2) is 59.4 Å². The molecule has 1 atom stereocenters. The van der Waals surface area contributed by atoms with Crippen LogP contribution in [0.2, 0.25) is 0 Å². The van der Waals surface area contributed by atoms with Crippen molar-refractivity contribution in [3.63, 3.8) is 0 Å². The largest absolute Gasteiger partial charge is 0.486 e. The molecule has 0 saturated carbocycles. The van der Waals surface area contributed by atoms with Crippen LogP contribution in [0.3, 0.4) is 0 Å². The molecule has 0 unspecified atom stereocenters. The highest BCUT2D eigenvalue weighted by molar-refractivity contribution is 7.08.